The van der Waals surface area contributed by atoms with Crippen LogP contribution in [0.4, 0.5) is 0 Å². The Hall–Kier alpha value is -0.260. The van der Waals surface area contributed by atoms with Crippen molar-refractivity contribution in [2.75, 3.05) is 0 Å². The maximum absolute atomic E-state index is 2.52. The lowest BCUT2D eigenvalue weighted by molar-refractivity contribution is 0.390. The number of hydrogen-bond acceptors (Lipinski definition) is 0. The summed E-state index contributed by atoms with van der Waals surface area (Å²) in [5.74, 6) is 0. The van der Waals surface area contributed by atoms with Crippen molar-refractivity contribution in [1.82, 2.24) is 0 Å². The first-order chi connectivity index (χ1) is 5.52. The summed E-state index contributed by atoms with van der Waals surface area (Å²) >= 11 is 0. The molecule has 2 aliphatic carbocycles. The van der Waals surface area contributed by atoms with Crippen molar-refractivity contribution in [3.8, 4) is 0 Å². The second-order valence-electron chi connectivity index (χ2n) is 5.68. The molecule has 0 heterocycles. The van der Waals surface area contributed by atoms with E-state index in [1.165, 1.54) is 32.1 Å². The fraction of sp³-hybridized carbons (Fsp3) is 0.833. The average molecular weight is 164 g/mol. The summed E-state index contributed by atoms with van der Waals surface area (Å²) in [4.78, 5) is 0. The minimum absolute atomic E-state index is 0.427. The van der Waals surface area contributed by atoms with Crippen LogP contribution in [-0.4, -0.2) is 0 Å². The Morgan fingerprint density at radius 3 is 2.17 bits per heavy atom. The lowest BCUT2D eigenvalue weighted by Gasteiger charge is -2.29. The van der Waals surface area contributed by atoms with E-state index in [9.17, 15) is 0 Å². The van der Waals surface area contributed by atoms with Crippen LogP contribution in [0.1, 0.15) is 52.9 Å². The van der Waals surface area contributed by atoms with E-state index < -0.39 is 0 Å². The molecule has 0 unspecified atom stereocenters. The predicted molar refractivity (Wildman–Crippen MR) is 53.1 cm³/mol. The van der Waals surface area contributed by atoms with E-state index in [0.29, 0.717) is 5.41 Å². The summed E-state index contributed by atoms with van der Waals surface area (Å²) in [6.07, 6.45) is 9.73. The molecule has 1 fully saturated rings. The summed E-state index contributed by atoms with van der Waals surface area (Å²) in [5.41, 5.74) is 2.92. The van der Waals surface area contributed by atoms with Gasteiger partial charge in [0.1, 0.15) is 0 Å². The van der Waals surface area contributed by atoms with Crippen LogP contribution in [0.5, 0.6) is 0 Å². The van der Waals surface area contributed by atoms with Crippen molar-refractivity contribution in [3.63, 3.8) is 0 Å². The Balaban J connectivity index is 2.06. The van der Waals surface area contributed by atoms with Crippen LogP contribution in [0, 0.1) is 10.8 Å². The van der Waals surface area contributed by atoms with Crippen LogP contribution in [-0.2, 0) is 0 Å². The number of rotatable bonds is 0. The third-order valence-corrected chi connectivity index (χ3v) is 3.63. The first-order valence-corrected chi connectivity index (χ1v) is 5.21. The molecule has 0 aliphatic heterocycles. The van der Waals surface area contributed by atoms with Crippen molar-refractivity contribution in [2.45, 2.75) is 52.9 Å². The van der Waals surface area contributed by atoms with Crippen LogP contribution in [0.2, 0.25) is 0 Å². The molecule has 0 bridgehead atoms. The van der Waals surface area contributed by atoms with E-state index in [2.05, 4.69) is 26.8 Å². The van der Waals surface area contributed by atoms with Gasteiger partial charge in [0.2, 0.25) is 0 Å². The molecule has 0 aromatic heterocycles. The average Bonchev–Trinajstić information content (AvgIpc) is 2.68. The summed E-state index contributed by atoms with van der Waals surface area (Å²) in [7, 11) is 0. The van der Waals surface area contributed by atoms with Gasteiger partial charge in [-0.05, 0) is 42.9 Å². The van der Waals surface area contributed by atoms with Crippen LogP contribution in [0.25, 0.3) is 0 Å². The Kier molecular flexibility index (Phi) is 1.65. The first-order valence-electron chi connectivity index (χ1n) is 5.21. The van der Waals surface area contributed by atoms with Crippen LogP contribution < -0.4 is 0 Å². The van der Waals surface area contributed by atoms with Gasteiger partial charge in [0.05, 0.1) is 0 Å². The molecule has 1 saturated carbocycles. The highest BCUT2D eigenvalue weighted by Crippen LogP contribution is 2.56. The zero-order chi connectivity index (χ0) is 8.82. The number of hydrogen-bond donors (Lipinski definition) is 0. The molecule has 12 heavy (non-hydrogen) atoms. The van der Waals surface area contributed by atoms with Gasteiger partial charge in [-0.15, -0.1) is 0 Å². The topological polar surface area (TPSA) is 0 Å². The highest BCUT2D eigenvalue weighted by molar-refractivity contribution is 5.18. The Morgan fingerprint density at radius 2 is 1.83 bits per heavy atom. The summed E-state index contributed by atoms with van der Waals surface area (Å²) in [5, 5.41) is 0. The van der Waals surface area contributed by atoms with Gasteiger partial charge in [0, 0.05) is 0 Å². The molecule has 0 atom stereocenters. The first kappa shape index (κ1) is 8.34. The van der Waals surface area contributed by atoms with Crippen molar-refractivity contribution in [1.29, 1.82) is 0 Å². The Morgan fingerprint density at radius 1 is 1.17 bits per heavy atom. The monoisotopic (exact) mass is 164 g/mol. The van der Waals surface area contributed by atoms with E-state index in [-0.39, 0.29) is 0 Å². The van der Waals surface area contributed by atoms with Gasteiger partial charge in [-0.3, -0.25) is 0 Å². The lowest BCUT2D eigenvalue weighted by Crippen LogP contribution is -2.15. The lowest BCUT2D eigenvalue weighted by atomic mass is 9.76. The van der Waals surface area contributed by atoms with Gasteiger partial charge >= 0.3 is 0 Å². The molecule has 0 amide bonds. The number of allylic oxidation sites excluding steroid dienone is 2. The highest BCUT2D eigenvalue weighted by Gasteiger charge is 2.43. The summed E-state index contributed by atoms with van der Waals surface area (Å²) in [6.45, 7) is 7.01. The van der Waals surface area contributed by atoms with E-state index >= 15 is 0 Å². The van der Waals surface area contributed by atoms with Crippen molar-refractivity contribution < 1.29 is 0 Å². The van der Waals surface area contributed by atoms with Gasteiger partial charge in [-0.25, -0.2) is 0 Å². The largest absolute Gasteiger partial charge is 0.0842 e. The van der Waals surface area contributed by atoms with Crippen molar-refractivity contribution in [2.24, 2.45) is 10.8 Å². The summed E-state index contributed by atoms with van der Waals surface area (Å²) in [6, 6.07) is 0. The molecule has 0 saturated heterocycles. The zero-order valence-corrected chi connectivity index (χ0v) is 8.61. The molecule has 0 N–H and O–H groups in total. The smallest absolute Gasteiger partial charge is 0.0173 e. The molecule has 1 spiro atoms. The molecule has 0 aromatic carbocycles. The Labute approximate surface area is 76.1 Å². The molecule has 2 aliphatic rings. The van der Waals surface area contributed by atoms with E-state index in [1.54, 1.807) is 5.57 Å². The molecular formula is C12H20. The second kappa shape index (κ2) is 2.37. The van der Waals surface area contributed by atoms with Crippen LogP contribution >= 0.6 is 0 Å². The predicted octanol–water partition coefficient (Wildman–Crippen LogP) is 3.92. The van der Waals surface area contributed by atoms with E-state index in [4.69, 9.17) is 0 Å². The molecule has 0 nitrogen and oxygen atoms in total. The SMILES string of the molecule is CC(C)(C)C1=CCC2(CC1)CC2. The third kappa shape index (κ3) is 1.44. The van der Waals surface area contributed by atoms with Crippen molar-refractivity contribution >= 4 is 0 Å². The normalized spacial score (nSPS) is 27.1. The Bertz CT molecular complexity index is 211. The zero-order valence-electron chi connectivity index (χ0n) is 8.61. The maximum Gasteiger partial charge on any atom is -0.0173 e. The molecule has 0 aromatic rings. The molecular weight excluding hydrogens is 144 g/mol. The quantitative estimate of drug-likeness (QED) is 0.476. The molecule has 68 valence electrons. The van der Waals surface area contributed by atoms with Gasteiger partial charge < -0.3 is 0 Å². The fourth-order valence-corrected chi connectivity index (χ4v) is 2.26. The standard InChI is InChI=1S/C12H20/c1-11(2,3)10-4-6-12(7-5-10)8-9-12/h4H,5-9H2,1-3H3. The van der Waals surface area contributed by atoms with Gasteiger partial charge in [-0.1, -0.05) is 32.4 Å². The van der Waals surface area contributed by atoms with Crippen LogP contribution in [0.15, 0.2) is 11.6 Å². The molecule has 0 heteroatoms. The summed E-state index contributed by atoms with van der Waals surface area (Å²) < 4.78 is 0. The molecule has 2 rings (SSSR count). The van der Waals surface area contributed by atoms with E-state index in [0.717, 1.165) is 5.41 Å². The fourth-order valence-electron chi connectivity index (χ4n) is 2.26. The van der Waals surface area contributed by atoms with E-state index in [1.807, 2.05) is 0 Å². The highest BCUT2D eigenvalue weighted by atomic mass is 14.5. The van der Waals surface area contributed by atoms with Gasteiger partial charge in [-0.2, -0.15) is 0 Å². The molecule has 0 radical (unpaired) electrons. The third-order valence-electron chi connectivity index (χ3n) is 3.63. The second-order valence-corrected chi connectivity index (χ2v) is 5.68. The maximum atomic E-state index is 2.52. The minimum Gasteiger partial charge on any atom is -0.0842 e. The van der Waals surface area contributed by atoms with Gasteiger partial charge in [0.25, 0.3) is 0 Å². The van der Waals surface area contributed by atoms with Gasteiger partial charge in [0.15, 0.2) is 0 Å². The van der Waals surface area contributed by atoms with Crippen molar-refractivity contribution in [3.05, 3.63) is 11.6 Å². The minimum atomic E-state index is 0.427. The van der Waals surface area contributed by atoms with Crippen LogP contribution in [0.3, 0.4) is 0 Å².